The van der Waals surface area contributed by atoms with E-state index in [0.717, 1.165) is 35.0 Å². The third-order valence-electron chi connectivity index (χ3n) is 3.87. The fourth-order valence-corrected chi connectivity index (χ4v) is 3.30. The number of rotatable bonds is 4. The Kier molecular flexibility index (Phi) is 4.87. The molecule has 0 bridgehead atoms. The van der Waals surface area contributed by atoms with Crippen molar-refractivity contribution in [1.29, 1.82) is 0 Å². The van der Waals surface area contributed by atoms with Crippen LogP contribution in [0.3, 0.4) is 0 Å². The summed E-state index contributed by atoms with van der Waals surface area (Å²) in [6.45, 7) is 0. The fraction of sp³-hybridized carbons (Fsp3) is 0.600. The molecule has 4 heteroatoms. The SMILES string of the molecule is COc1ccc(Br)cc1CC1(O)CCCC(OC)C1. The molecule has 3 nitrogen and oxygen atoms in total. The van der Waals surface area contributed by atoms with Gasteiger partial charge in [-0.1, -0.05) is 15.9 Å². The topological polar surface area (TPSA) is 38.7 Å². The molecule has 2 unspecified atom stereocenters. The van der Waals surface area contributed by atoms with E-state index in [9.17, 15) is 5.11 Å². The molecular weight excluding hydrogens is 308 g/mol. The Bertz CT molecular complexity index is 435. The minimum atomic E-state index is -0.688. The molecule has 1 fully saturated rings. The highest BCUT2D eigenvalue weighted by atomic mass is 79.9. The highest BCUT2D eigenvalue weighted by Gasteiger charge is 2.35. The molecule has 1 N–H and O–H groups in total. The van der Waals surface area contributed by atoms with Gasteiger partial charge in [0.15, 0.2) is 0 Å². The van der Waals surface area contributed by atoms with E-state index in [2.05, 4.69) is 15.9 Å². The lowest BCUT2D eigenvalue weighted by molar-refractivity contribution is -0.0583. The maximum atomic E-state index is 10.8. The van der Waals surface area contributed by atoms with Crippen LogP contribution in [-0.4, -0.2) is 31.0 Å². The van der Waals surface area contributed by atoms with Crippen LogP contribution in [0.15, 0.2) is 22.7 Å². The zero-order chi connectivity index (χ0) is 13.9. The minimum absolute atomic E-state index is 0.164. The van der Waals surface area contributed by atoms with Crippen molar-refractivity contribution in [2.45, 2.75) is 43.8 Å². The standard InChI is InChI=1S/C15H21BrO3/c1-18-13-4-3-7-15(17,10-13)9-11-8-12(16)5-6-14(11)19-2/h5-6,8,13,17H,3-4,7,9-10H2,1-2H3. The number of hydrogen-bond acceptors (Lipinski definition) is 3. The minimum Gasteiger partial charge on any atom is -0.496 e. The Morgan fingerprint density at radius 3 is 2.89 bits per heavy atom. The zero-order valence-corrected chi connectivity index (χ0v) is 13.1. The average Bonchev–Trinajstić information content (AvgIpc) is 2.38. The van der Waals surface area contributed by atoms with Crippen molar-refractivity contribution in [1.82, 2.24) is 0 Å². The van der Waals surface area contributed by atoms with Crippen molar-refractivity contribution in [2.24, 2.45) is 0 Å². The van der Waals surface area contributed by atoms with Crippen LogP contribution in [0.4, 0.5) is 0 Å². The van der Waals surface area contributed by atoms with Gasteiger partial charge in [-0.05, 0) is 43.0 Å². The van der Waals surface area contributed by atoms with Crippen molar-refractivity contribution in [3.05, 3.63) is 28.2 Å². The molecule has 19 heavy (non-hydrogen) atoms. The Balaban J connectivity index is 2.17. The maximum Gasteiger partial charge on any atom is 0.122 e. The second-order valence-electron chi connectivity index (χ2n) is 5.31. The molecule has 0 aromatic heterocycles. The van der Waals surface area contributed by atoms with Gasteiger partial charge in [0, 0.05) is 24.4 Å². The highest BCUT2D eigenvalue weighted by molar-refractivity contribution is 9.10. The van der Waals surface area contributed by atoms with Crippen molar-refractivity contribution in [2.75, 3.05) is 14.2 Å². The molecule has 1 saturated carbocycles. The third kappa shape index (κ3) is 3.71. The van der Waals surface area contributed by atoms with Gasteiger partial charge in [-0.15, -0.1) is 0 Å². The molecule has 0 heterocycles. The molecule has 1 aromatic rings. The maximum absolute atomic E-state index is 10.8. The second kappa shape index (κ2) is 6.25. The van der Waals surface area contributed by atoms with Gasteiger partial charge in [0.05, 0.1) is 18.8 Å². The Morgan fingerprint density at radius 2 is 2.21 bits per heavy atom. The van der Waals surface area contributed by atoms with E-state index in [1.807, 2.05) is 18.2 Å². The summed E-state index contributed by atoms with van der Waals surface area (Å²) in [7, 11) is 3.38. The van der Waals surface area contributed by atoms with E-state index in [4.69, 9.17) is 9.47 Å². The monoisotopic (exact) mass is 328 g/mol. The first kappa shape index (κ1) is 14.8. The summed E-state index contributed by atoms with van der Waals surface area (Å²) in [4.78, 5) is 0. The number of methoxy groups -OCH3 is 2. The van der Waals surface area contributed by atoms with Gasteiger partial charge in [0.25, 0.3) is 0 Å². The van der Waals surface area contributed by atoms with E-state index >= 15 is 0 Å². The summed E-state index contributed by atoms with van der Waals surface area (Å²) >= 11 is 3.47. The number of aliphatic hydroxyl groups is 1. The molecule has 0 aliphatic heterocycles. The van der Waals surface area contributed by atoms with Crippen LogP contribution in [0, 0.1) is 0 Å². The number of halogens is 1. The molecule has 0 saturated heterocycles. The van der Waals surface area contributed by atoms with Crippen LogP contribution in [-0.2, 0) is 11.2 Å². The summed E-state index contributed by atoms with van der Waals surface area (Å²) in [5.41, 5.74) is 0.351. The molecule has 106 valence electrons. The summed E-state index contributed by atoms with van der Waals surface area (Å²) in [6, 6.07) is 5.90. The Labute approximate surface area is 123 Å². The first-order valence-corrected chi connectivity index (χ1v) is 7.43. The van der Waals surface area contributed by atoms with Gasteiger partial charge in [-0.3, -0.25) is 0 Å². The molecule has 0 radical (unpaired) electrons. The van der Waals surface area contributed by atoms with Crippen molar-refractivity contribution < 1.29 is 14.6 Å². The molecule has 1 aliphatic rings. The third-order valence-corrected chi connectivity index (χ3v) is 4.36. The summed E-state index contributed by atoms with van der Waals surface area (Å²) in [5.74, 6) is 0.830. The molecular formula is C15H21BrO3. The average molecular weight is 329 g/mol. The van der Waals surface area contributed by atoms with Crippen LogP contribution >= 0.6 is 15.9 Å². The van der Waals surface area contributed by atoms with E-state index in [1.54, 1.807) is 14.2 Å². The van der Waals surface area contributed by atoms with Gasteiger partial charge in [-0.25, -0.2) is 0 Å². The molecule has 2 atom stereocenters. The van der Waals surface area contributed by atoms with E-state index in [1.165, 1.54) is 0 Å². The van der Waals surface area contributed by atoms with Gasteiger partial charge in [0.1, 0.15) is 5.75 Å². The van der Waals surface area contributed by atoms with Crippen LogP contribution in [0.1, 0.15) is 31.2 Å². The van der Waals surface area contributed by atoms with E-state index in [0.29, 0.717) is 12.8 Å². The largest absolute Gasteiger partial charge is 0.496 e. The molecule has 0 amide bonds. The molecule has 1 aromatic carbocycles. The molecule has 2 rings (SSSR count). The summed E-state index contributed by atoms with van der Waals surface area (Å²) in [6.07, 6.45) is 4.33. The van der Waals surface area contributed by atoms with Gasteiger partial charge >= 0.3 is 0 Å². The number of ether oxygens (including phenoxy) is 2. The first-order valence-electron chi connectivity index (χ1n) is 6.64. The predicted octanol–water partition coefficient (Wildman–Crippen LogP) is 3.32. The van der Waals surface area contributed by atoms with Crippen molar-refractivity contribution in [3.63, 3.8) is 0 Å². The summed E-state index contributed by atoms with van der Waals surface area (Å²) in [5, 5.41) is 10.8. The smallest absolute Gasteiger partial charge is 0.122 e. The van der Waals surface area contributed by atoms with Gasteiger partial charge in [-0.2, -0.15) is 0 Å². The quantitative estimate of drug-likeness (QED) is 0.921. The zero-order valence-electron chi connectivity index (χ0n) is 11.5. The normalized spacial score (nSPS) is 27.3. The number of benzene rings is 1. The Hall–Kier alpha value is -0.580. The summed E-state index contributed by atoms with van der Waals surface area (Å²) < 4.78 is 11.8. The lowest BCUT2D eigenvalue weighted by Gasteiger charge is -2.36. The number of hydrogen-bond donors (Lipinski definition) is 1. The van der Waals surface area contributed by atoms with E-state index in [-0.39, 0.29) is 6.10 Å². The Morgan fingerprint density at radius 1 is 1.42 bits per heavy atom. The predicted molar refractivity (Wildman–Crippen MR) is 78.6 cm³/mol. The van der Waals surface area contributed by atoms with Crippen LogP contribution in [0.5, 0.6) is 5.75 Å². The van der Waals surface area contributed by atoms with Crippen LogP contribution in [0.2, 0.25) is 0 Å². The van der Waals surface area contributed by atoms with Crippen LogP contribution < -0.4 is 4.74 Å². The highest BCUT2D eigenvalue weighted by Crippen LogP contribution is 2.35. The lowest BCUT2D eigenvalue weighted by atomic mass is 9.79. The fourth-order valence-electron chi connectivity index (χ4n) is 2.89. The first-order chi connectivity index (χ1) is 9.06. The van der Waals surface area contributed by atoms with Crippen molar-refractivity contribution >= 4 is 15.9 Å². The van der Waals surface area contributed by atoms with E-state index < -0.39 is 5.60 Å². The van der Waals surface area contributed by atoms with Gasteiger partial charge < -0.3 is 14.6 Å². The van der Waals surface area contributed by atoms with Crippen LogP contribution in [0.25, 0.3) is 0 Å². The molecule has 0 spiro atoms. The second-order valence-corrected chi connectivity index (χ2v) is 6.23. The van der Waals surface area contributed by atoms with Gasteiger partial charge in [0.2, 0.25) is 0 Å². The lowest BCUT2D eigenvalue weighted by Crippen LogP contribution is -2.40. The van der Waals surface area contributed by atoms with Crippen molar-refractivity contribution in [3.8, 4) is 5.75 Å². The molecule has 1 aliphatic carbocycles.